The molecule has 21 heavy (non-hydrogen) atoms. The highest BCUT2D eigenvalue weighted by molar-refractivity contribution is 5.82. The molecule has 2 aromatic carbocycles. The molecular formula is C17H18N4. The zero-order valence-electron chi connectivity index (χ0n) is 12.0. The lowest BCUT2D eigenvalue weighted by Gasteiger charge is -2.35. The number of imidazole rings is 1. The lowest BCUT2D eigenvalue weighted by atomic mass is 9.97. The van der Waals surface area contributed by atoms with Crippen molar-refractivity contribution in [1.82, 2.24) is 9.97 Å². The molecule has 3 aromatic rings. The number of aromatic amines is 1. The first kappa shape index (κ1) is 12.3. The fourth-order valence-corrected chi connectivity index (χ4v) is 3.14. The summed E-state index contributed by atoms with van der Waals surface area (Å²) < 4.78 is 0. The minimum atomic E-state index is 0.429. The van der Waals surface area contributed by atoms with Crippen molar-refractivity contribution in [3.05, 3.63) is 48.0 Å². The average molecular weight is 278 g/mol. The molecule has 2 heterocycles. The number of nitrogens with one attached hydrogen (secondary N) is 1. The van der Waals surface area contributed by atoms with E-state index in [1.54, 1.807) is 0 Å². The molecule has 0 fully saturated rings. The largest absolute Gasteiger partial charge is 0.399 e. The summed E-state index contributed by atoms with van der Waals surface area (Å²) in [5.74, 6) is 0.898. The van der Waals surface area contributed by atoms with Gasteiger partial charge in [-0.05, 0) is 49.6 Å². The maximum Gasteiger partial charge on any atom is 0.208 e. The summed E-state index contributed by atoms with van der Waals surface area (Å²) >= 11 is 0. The van der Waals surface area contributed by atoms with Gasteiger partial charge >= 0.3 is 0 Å². The number of aryl methyl sites for hydroxylation is 1. The van der Waals surface area contributed by atoms with Crippen molar-refractivity contribution in [3.63, 3.8) is 0 Å². The van der Waals surface area contributed by atoms with Crippen molar-refractivity contribution < 1.29 is 0 Å². The van der Waals surface area contributed by atoms with Crippen LogP contribution in [0, 0.1) is 0 Å². The molecule has 1 aliphatic rings. The maximum absolute atomic E-state index is 5.85. The smallest absolute Gasteiger partial charge is 0.208 e. The molecule has 0 amide bonds. The van der Waals surface area contributed by atoms with Crippen LogP contribution in [0.5, 0.6) is 0 Å². The Morgan fingerprint density at radius 2 is 2.10 bits per heavy atom. The molecule has 0 bridgehead atoms. The molecule has 106 valence electrons. The molecule has 1 unspecified atom stereocenters. The number of fused-ring (bicyclic) bond motifs is 2. The van der Waals surface area contributed by atoms with E-state index >= 15 is 0 Å². The van der Waals surface area contributed by atoms with Crippen molar-refractivity contribution in [1.29, 1.82) is 0 Å². The van der Waals surface area contributed by atoms with Crippen molar-refractivity contribution in [2.24, 2.45) is 0 Å². The second-order valence-corrected chi connectivity index (χ2v) is 5.72. The molecule has 0 radical (unpaired) electrons. The molecule has 4 heteroatoms. The molecule has 0 saturated carbocycles. The number of benzene rings is 2. The van der Waals surface area contributed by atoms with E-state index in [1.807, 2.05) is 18.2 Å². The third kappa shape index (κ3) is 1.95. The molecule has 0 spiro atoms. The number of nitrogen functional groups attached to an aromatic ring is 1. The molecular weight excluding hydrogens is 260 g/mol. The van der Waals surface area contributed by atoms with Crippen LogP contribution < -0.4 is 10.6 Å². The van der Waals surface area contributed by atoms with Crippen LogP contribution in [0.25, 0.3) is 11.0 Å². The van der Waals surface area contributed by atoms with E-state index in [-0.39, 0.29) is 0 Å². The number of hydrogen-bond acceptors (Lipinski definition) is 3. The van der Waals surface area contributed by atoms with Gasteiger partial charge in [0.05, 0.1) is 11.0 Å². The van der Waals surface area contributed by atoms with Crippen LogP contribution in [0.3, 0.4) is 0 Å². The van der Waals surface area contributed by atoms with E-state index in [0.717, 1.165) is 35.5 Å². The van der Waals surface area contributed by atoms with Crippen LogP contribution in [0.2, 0.25) is 0 Å². The van der Waals surface area contributed by atoms with Gasteiger partial charge in [0.2, 0.25) is 5.95 Å². The standard InChI is InChI=1S/C17H18N4/c1-11-6-7-12-4-2-3-5-16(12)21(11)17-19-14-9-8-13(18)10-15(14)20-17/h2-5,8-11H,6-7,18H2,1H3,(H,19,20). The van der Waals surface area contributed by atoms with Crippen molar-refractivity contribution >= 4 is 28.4 Å². The Bertz CT molecular complexity index is 805. The minimum absolute atomic E-state index is 0.429. The first-order chi connectivity index (χ1) is 10.2. The van der Waals surface area contributed by atoms with Crippen LogP contribution in [0.4, 0.5) is 17.3 Å². The van der Waals surface area contributed by atoms with E-state index in [2.05, 4.69) is 41.1 Å². The van der Waals surface area contributed by atoms with Crippen LogP contribution in [-0.2, 0) is 6.42 Å². The number of para-hydroxylation sites is 1. The molecule has 3 N–H and O–H groups in total. The Kier molecular flexibility index (Phi) is 2.64. The molecule has 0 aliphatic carbocycles. The van der Waals surface area contributed by atoms with Crippen LogP contribution in [0.15, 0.2) is 42.5 Å². The summed E-state index contributed by atoms with van der Waals surface area (Å²) in [5, 5.41) is 0. The van der Waals surface area contributed by atoms with Gasteiger partial charge in [0.1, 0.15) is 0 Å². The average Bonchev–Trinajstić information content (AvgIpc) is 2.89. The fraction of sp³-hybridized carbons (Fsp3) is 0.235. The van der Waals surface area contributed by atoms with E-state index in [9.17, 15) is 0 Å². The minimum Gasteiger partial charge on any atom is -0.399 e. The fourth-order valence-electron chi connectivity index (χ4n) is 3.14. The number of aromatic nitrogens is 2. The number of nitrogens with zero attached hydrogens (tertiary/aromatic N) is 2. The summed E-state index contributed by atoms with van der Waals surface area (Å²) in [6.07, 6.45) is 2.26. The number of H-pyrrole nitrogens is 1. The van der Waals surface area contributed by atoms with Gasteiger partial charge in [0.15, 0.2) is 0 Å². The van der Waals surface area contributed by atoms with Crippen molar-refractivity contribution in [2.75, 3.05) is 10.6 Å². The normalized spacial score (nSPS) is 18.0. The Hall–Kier alpha value is -2.49. The van der Waals surface area contributed by atoms with Crippen molar-refractivity contribution in [3.8, 4) is 0 Å². The maximum atomic E-state index is 5.85. The highest BCUT2D eigenvalue weighted by Gasteiger charge is 2.26. The Morgan fingerprint density at radius 3 is 3.00 bits per heavy atom. The van der Waals surface area contributed by atoms with Gasteiger partial charge in [-0.1, -0.05) is 18.2 Å². The summed E-state index contributed by atoms with van der Waals surface area (Å²) in [5.41, 5.74) is 11.2. The molecule has 4 rings (SSSR count). The van der Waals surface area contributed by atoms with Gasteiger partial charge in [-0.25, -0.2) is 4.98 Å². The highest BCUT2D eigenvalue weighted by Crippen LogP contribution is 2.36. The summed E-state index contributed by atoms with van der Waals surface area (Å²) in [4.78, 5) is 10.5. The van der Waals surface area contributed by atoms with E-state index in [0.29, 0.717) is 6.04 Å². The van der Waals surface area contributed by atoms with Gasteiger partial charge in [-0.3, -0.25) is 0 Å². The monoisotopic (exact) mass is 278 g/mol. The lowest BCUT2D eigenvalue weighted by Crippen LogP contribution is -2.33. The second kappa shape index (κ2) is 4.52. The van der Waals surface area contributed by atoms with Crippen molar-refractivity contribution in [2.45, 2.75) is 25.8 Å². The van der Waals surface area contributed by atoms with Crippen LogP contribution in [-0.4, -0.2) is 16.0 Å². The van der Waals surface area contributed by atoms with Gasteiger partial charge < -0.3 is 15.6 Å². The van der Waals surface area contributed by atoms with E-state index < -0.39 is 0 Å². The molecule has 0 saturated heterocycles. The van der Waals surface area contributed by atoms with Crippen LogP contribution >= 0.6 is 0 Å². The summed E-state index contributed by atoms with van der Waals surface area (Å²) in [7, 11) is 0. The van der Waals surface area contributed by atoms with Gasteiger partial charge in [0, 0.05) is 17.4 Å². The van der Waals surface area contributed by atoms with E-state index in [1.165, 1.54) is 11.3 Å². The Labute approximate surface area is 123 Å². The molecule has 1 atom stereocenters. The Morgan fingerprint density at radius 1 is 1.24 bits per heavy atom. The van der Waals surface area contributed by atoms with Gasteiger partial charge in [-0.2, -0.15) is 0 Å². The van der Waals surface area contributed by atoms with Gasteiger partial charge in [0.25, 0.3) is 0 Å². The third-order valence-corrected chi connectivity index (χ3v) is 4.24. The van der Waals surface area contributed by atoms with E-state index in [4.69, 9.17) is 10.7 Å². The van der Waals surface area contributed by atoms with Gasteiger partial charge in [-0.15, -0.1) is 0 Å². The SMILES string of the molecule is CC1CCc2ccccc2N1c1nc2ccc(N)cc2[nH]1. The zero-order valence-corrected chi connectivity index (χ0v) is 12.0. The Balaban J connectivity index is 1.87. The summed E-state index contributed by atoms with van der Waals surface area (Å²) in [6, 6.07) is 14.8. The zero-order chi connectivity index (χ0) is 14.4. The predicted octanol–water partition coefficient (Wildman–Crippen LogP) is 3.62. The molecule has 4 nitrogen and oxygen atoms in total. The molecule has 1 aliphatic heterocycles. The lowest BCUT2D eigenvalue weighted by molar-refractivity contribution is 0.610. The topological polar surface area (TPSA) is 57.9 Å². The number of nitrogens with two attached hydrogens (primary N) is 1. The van der Waals surface area contributed by atoms with Crippen LogP contribution in [0.1, 0.15) is 18.9 Å². The highest BCUT2D eigenvalue weighted by atomic mass is 15.3. The second-order valence-electron chi connectivity index (χ2n) is 5.72. The number of anilines is 3. The summed E-state index contributed by atoms with van der Waals surface area (Å²) in [6.45, 7) is 2.25. The first-order valence-electron chi connectivity index (χ1n) is 7.35. The number of rotatable bonds is 1. The first-order valence-corrected chi connectivity index (χ1v) is 7.35. The predicted molar refractivity (Wildman–Crippen MR) is 86.9 cm³/mol. The molecule has 1 aromatic heterocycles. The third-order valence-electron chi connectivity index (χ3n) is 4.24. The number of hydrogen-bond donors (Lipinski definition) is 2. The quantitative estimate of drug-likeness (QED) is 0.668.